The van der Waals surface area contributed by atoms with Crippen molar-refractivity contribution in [2.45, 2.75) is 124 Å². The van der Waals surface area contributed by atoms with E-state index in [0.29, 0.717) is 61.3 Å². The Labute approximate surface area is 836 Å². The molecule has 0 fully saturated rings. The molecule has 22 aromatic rings. The minimum absolute atomic E-state index is 0.265. The van der Waals surface area contributed by atoms with Gasteiger partial charge in [0.1, 0.15) is 20.0 Å². The molecule has 720 valence electrons. The average Bonchev–Trinajstić information content (AvgIpc) is 1.56. The van der Waals surface area contributed by atoms with Gasteiger partial charge in [0.2, 0.25) is 28.6 Å². The van der Waals surface area contributed by atoms with Crippen LogP contribution in [0.2, 0.25) is 0 Å². The Morgan fingerprint density at radius 1 is 0.238 bits per heavy atom. The summed E-state index contributed by atoms with van der Waals surface area (Å²) >= 11 is 0. The SMILES string of the molecule is CC.CC.CC.CC.CC.Cc1ccc2c(oc3ncccc32)c1N1CN(C(C)C)c2nccnc21.Cc1ccc2c(oc3ncccc32)c1N1CN(c2ccccc2)c2cccnc21.Cc1ccc2c(oc3ncccc32)c1N1CN(c2ccccc2)c2ncccc21.Cc1ccc2c(oc3ncccc32)c1N1CN(c2ccccc2)c2nccnc21.[2H]C([2H])([2H])N1C=CN(c2c(C)ccc3c2oc2ncccc23)C1. The van der Waals surface area contributed by atoms with Crippen molar-refractivity contribution in [3.63, 3.8) is 0 Å². The van der Waals surface area contributed by atoms with Crippen molar-refractivity contribution in [2.24, 2.45) is 0 Å². The van der Waals surface area contributed by atoms with E-state index in [4.69, 9.17) is 31.2 Å². The summed E-state index contributed by atoms with van der Waals surface area (Å²) in [5.74, 6) is 5.31. The van der Waals surface area contributed by atoms with Crippen molar-refractivity contribution >= 4 is 202 Å². The maximum Gasteiger partial charge on any atom is 0.227 e. The number of para-hydroxylation sites is 3. The van der Waals surface area contributed by atoms with Crippen LogP contribution < -0.4 is 44.1 Å². The Morgan fingerprint density at radius 2 is 0.510 bits per heavy atom. The van der Waals surface area contributed by atoms with Crippen molar-refractivity contribution in [1.82, 2.24) is 59.7 Å². The summed E-state index contributed by atoms with van der Waals surface area (Å²) in [6.07, 6.45) is 22.7. The van der Waals surface area contributed by atoms with Crippen LogP contribution in [0.1, 0.15) is 115 Å². The largest absolute Gasteiger partial charge is 0.435 e. The van der Waals surface area contributed by atoms with Crippen LogP contribution >= 0.6 is 0 Å². The van der Waals surface area contributed by atoms with Gasteiger partial charge in [-0.3, -0.25) is 0 Å². The standard InChI is InChI=1S/2C24H18N4O.C23H17N5O.C20H19N5O.C16H15N3O.5C2H6/c1-16-11-12-18-19-9-5-14-26-24(19)29-22(18)21(16)28-15-27(17-7-3-2-4-8-17)23-20(28)10-6-13-25-23;1-16-11-12-18-19-9-5-14-26-24(19)29-22(18)21(16)28-15-27(17-7-3-2-4-8-17)20-10-6-13-25-23(20)28;1-15-9-10-17-18-8-5-11-26-23(18)29-20(17)19(15)28-14-27(16-6-3-2-4-7-16)21-22(28)25-13-12-24-21;1-12(2)24-11-25(19-18(24)21-9-10-22-19)16-13(3)6-7-14-15-5-4-8-23-20(15)26-17(14)16;1-11-5-6-12-13-4-3-7-17-16(13)20-15(12)14(11)19-9-8-18(2)10-19;5*1-2/h2*2-14H,15H2,1H3;2-13H,14H2,1H3;4-10,12H,11H2,1-3H3;3-9H,10H2,1-2H3;5*1-2H3/i;;;;2D3;;;;;. The normalized spacial score (nSPS) is 13.4. The van der Waals surface area contributed by atoms with E-state index in [2.05, 4.69) is 264 Å². The second-order valence-electron chi connectivity index (χ2n) is 33.4. The summed E-state index contributed by atoms with van der Waals surface area (Å²) in [5, 5.41) is 10.3. The number of pyridine rings is 7. The molecule has 0 atom stereocenters. The van der Waals surface area contributed by atoms with E-state index in [1.54, 1.807) is 68.2 Å². The molecule has 19 heterocycles. The molecule has 0 aliphatic carbocycles. The molecule has 27 rings (SSSR count). The number of furan rings is 5. The van der Waals surface area contributed by atoms with Crippen LogP contribution in [0, 0.1) is 34.6 Å². The number of nitrogens with zero attached hydrogens (tertiary/aromatic N) is 21. The van der Waals surface area contributed by atoms with Gasteiger partial charge in [0.15, 0.2) is 62.8 Å². The number of hydrogen-bond acceptors (Lipinski definition) is 26. The minimum Gasteiger partial charge on any atom is -0.435 e. The molecule has 26 heteroatoms. The summed E-state index contributed by atoms with van der Waals surface area (Å²) in [4.78, 5) is 70.8. The Kier molecular flexibility index (Phi) is 27.4. The molecule has 14 aromatic heterocycles. The topological polar surface area (TPSA) is 240 Å². The number of rotatable bonds is 9. The molecule has 0 spiro atoms. The lowest BCUT2D eigenvalue weighted by Gasteiger charge is -2.24. The van der Waals surface area contributed by atoms with Crippen molar-refractivity contribution in [2.75, 3.05) is 84.4 Å². The summed E-state index contributed by atoms with van der Waals surface area (Å²) in [7, 11) is 0. The van der Waals surface area contributed by atoms with Crippen LogP contribution in [-0.2, 0) is 0 Å². The minimum atomic E-state index is -2.15. The highest BCUT2D eigenvalue weighted by Gasteiger charge is 2.39. The number of hydrogen-bond donors (Lipinski definition) is 0. The van der Waals surface area contributed by atoms with Crippen molar-refractivity contribution in [3.8, 4) is 0 Å². The van der Waals surface area contributed by atoms with E-state index < -0.39 is 6.98 Å². The van der Waals surface area contributed by atoms with Gasteiger partial charge in [-0.25, -0.2) is 54.8 Å². The van der Waals surface area contributed by atoms with E-state index in [9.17, 15) is 0 Å². The molecule has 0 saturated heterocycles. The summed E-state index contributed by atoms with van der Waals surface area (Å²) in [6, 6.07) is 80.4. The molecule has 26 nitrogen and oxygen atoms in total. The van der Waals surface area contributed by atoms with E-state index in [1.165, 1.54) is 4.90 Å². The van der Waals surface area contributed by atoms with Crippen molar-refractivity contribution in [1.29, 1.82) is 0 Å². The summed E-state index contributed by atoms with van der Waals surface area (Å²) in [6.45, 7) is 35.5. The Morgan fingerprint density at radius 3 is 0.881 bits per heavy atom. The lowest BCUT2D eigenvalue weighted by Crippen LogP contribution is -2.34. The Balaban J connectivity index is 0.000000117. The third-order valence-electron chi connectivity index (χ3n) is 25.0. The van der Waals surface area contributed by atoms with Gasteiger partial charge in [-0.2, -0.15) is 0 Å². The molecule has 5 aliphatic heterocycles. The van der Waals surface area contributed by atoms with Crippen molar-refractivity contribution < 1.29 is 26.2 Å². The maximum absolute atomic E-state index is 7.53. The Hall–Kier alpha value is -17.3. The third-order valence-corrected chi connectivity index (χ3v) is 25.0. The molecular formula is C117H117N21O5. The molecule has 0 N–H and O–H groups in total. The molecule has 143 heavy (non-hydrogen) atoms. The van der Waals surface area contributed by atoms with Gasteiger partial charge >= 0.3 is 0 Å². The van der Waals surface area contributed by atoms with Crippen LogP contribution in [0.25, 0.3) is 110 Å². The first-order valence-corrected chi connectivity index (χ1v) is 49.0. The fourth-order valence-corrected chi connectivity index (χ4v) is 18.8. The highest BCUT2D eigenvalue weighted by Crippen LogP contribution is 2.53. The van der Waals surface area contributed by atoms with Crippen LogP contribution in [-0.4, -0.2) is 106 Å². The number of anilines is 16. The zero-order valence-electron chi connectivity index (χ0n) is 86.6. The van der Waals surface area contributed by atoms with Gasteiger partial charge in [-0.1, -0.05) is 184 Å². The lowest BCUT2D eigenvalue weighted by atomic mass is 10.1. The second-order valence-corrected chi connectivity index (χ2v) is 33.4. The van der Waals surface area contributed by atoms with Crippen molar-refractivity contribution in [3.05, 3.63) is 345 Å². The first-order chi connectivity index (χ1) is 71.5. The van der Waals surface area contributed by atoms with Gasteiger partial charge in [0, 0.05) is 169 Å². The van der Waals surface area contributed by atoms with Crippen LogP contribution in [0.3, 0.4) is 0 Å². The highest BCUT2D eigenvalue weighted by atomic mass is 16.4. The first kappa shape index (κ1) is 92.1. The molecule has 0 bridgehead atoms. The van der Waals surface area contributed by atoms with E-state index in [0.717, 1.165) is 201 Å². The fraction of sp³-hybridized carbons (Fsp3) is 0.205. The lowest BCUT2D eigenvalue weighted by molar-refractivity contribution is 0.495. The van der Waals surface area contributed by atoms with E-state index >= 15 is 0 Å². The van der Waals surface area contributed by atoms with Gasteiger partial charge < -0.3 is 71.1 Å². The molecule has 5 aliphatic rings. The first-order valence-electron chi connectivity index (χ1n) is 50.5. The monoisotopic (exact) mass is 1900 g/mol. The smallest absolute Gasteiger partial charge is 0.227 e. The zero-order chi connectivity index (χ0) is 102. The summed E-state index contributed by atoms with van der Waals surface area (Å²) < 4.78 is 53.4. The van der Waals surface area contributed by atoms with E-state index in [-0.39, 0.29) is 6.67 Å². The zero-order valence-corrected chi connectivity index (χ0v) is 83.6. The molecule has 0 saturated carbocycles. The molecule has 0 radical (unpaired) electrons. The molecule has 8 aromatic carbocycles. The molecule has 0 amide bonds. The van der Waals surface area contributed by atoms with E-state index in [1.807, 2.05) is 197 Å². The number of aromatic nitrogens is 11. The predicted molar refractivity (Wildman–Crippen MR) is 586 cm³/mol. The fourth-order valence-electron chi connectivity index (χ4n) is 18.8. The van der Waals surface area contributed by atoms with Gasteiger partial charge in [-0.15, -0.1) is 0 Å². The average molecular weight is 1900 g/mol. The van der Waals surface area contributed by atoms with Gasteiger partial charge in [-0.05, 0) is 198 Å². The number of fused-ring (bicyclic) bond motifs is 19. The number of benzene rings is 8. The quantitative estimate of drug-likeness (QED) is 0.130. The third kappa shape index (κ3) is 17.9. The maximum atomic E-state index is 7.53. The van der Waals surface area contributed by atoms with Gasteiger partial charge in [0.25, 0.3) is 0 Å². The van der Waals surface area contributed by atoms with Crippen LogP contribution in [0.4, 0.5) is 91.8 Å². The highest BCUT2D eigenvalue weighted by molar-refractivity contribution is 6.14. The molecule has 0 unspecified atom stereocenters. The number of aryl methyl sites for hydroxylation is 5. The second kappa shape index (κ2) is 42.6. The van der Waals surface area contributed by atoms with Crippen LogP contribution in [0.5, 0.6) is 0 Å². The Bertz CT molecular complexity index is 7900. The predicted octanol–water partition coefficient (Wildman–Crippen LogP) is 30.2. The van der Waals surface area contributed by atoms with Gasteiger partial charge in [0.05, 0.1) is 53.1 Å². The van der Waals surface area contributed by atoms with Crippen LogP contribution in [0.15, 0.2) is 339 Å². The summed E-state index contributed by atoms with van der Waals surface area (Å²) in [5.41, 5.74) is 23.4. The molecular weight excluding hydrogens is 1780 g/mol.